The third-order valence-electron chi connectivity index (χ3n) is 2.96. The van der Waals surface area contributed by atoms with Gasteiger partial charge in [-0.2, -0.15) is 10.2 Å². The molecular weight excluding hydrogens is 242 g/mol. The molecule has 2 rings (SSSR count). The van der Waals surface area contributed by atoms with Crippen molar-refractivity contribution >= 4 is 22.6 Å². The second kappa shape index (κ2) is 6.13. The zero-order chi connectivity index (χ0) is 13.7. The van der Waals surface area contributed by atoms with E-state index in [2.05, 4.69) is 15.5 Å². The van der Waals surface area contributed by atoms with Crippen LogP contribution in [0.1, 0.15) is 26.2 Å². The Kier molecular flexibility index (Phi) is 4.28. The number of anilines is 1. The molecule has 5 nitrogen and oxygen atoms in total. The highest BCUT2D eigenvalue weighted by atomic mass is 16.4. The number of rotatable bonds is 6. The summed E-state index contributed by atoms with van der Waals surface area (Å²) in [5.74, 6) is -0.794. The smallest absolute Gasteiger partial charge is 0.305 e. The Bertz CT molecular complexity index is 566. The first-order valence-electron chi connectivity index (χ1n) is 6.39. The van der Waals surface area contributed by atoms with E-state index in [0.717, 1.165) is 29.4 Å². The molecule has 5 heteroatoms. The van der Waals surface area contributed by atoms with E-state index in [9.17, 15) is 4.79 Å². The number of hydrogen-bond acceptors (Lipinski definition) is 4. The monoisotopic (exact) mass is 259 g/mol. The van der Waals surface area contributed by atoms with Crippen LogP contribution in [0, 0.1) is 0 Å². The van der Waals surface area contributed by atoms with Crippen molar-refractivity contribution in [3.63, 3.8) is 0 Å². The van der Waals surface area contributed by atoms with Gasteiger partial charge >= 0.3 is 5.97 Å². The van der Waals surface area contributed by atoms with Gasteiger partial charge in [-0.25, -0.2) is 0 Å². The van der Waals surface area contributed by atoms with E-state index in [0.29, 0.717) is 0 Å². The van der Waals surface area contributed by atoms with Crippen molar-refractivity contribution in [1.29, 1.82) is 0 Å². The summed E-state index contributed by atoms with van der Waals surface area (Å²) in [6.07, 6.45) is 3.49. The number of nitrogens with zero attached hydrogens (tertiary/aromatic N) is 2. The van der Waals surface area contributed by atoms with Crippen molar-refractivity contribution in [2.24, 2.45) is 0 Å². The fraction of sp³-hybridized carbons (Fsp3) is 0.357. The predicted octanol–water partition coefficient (Wildman–Crippen LogP) is 2.69. The Morgan fingerprint density at radius 1 is 1.42 bits per heavy atom. The fourth-order valence-corrected chi connectivity index (χ4v) is 2.13. The fourth-order valence-electron chi connectivity index (χ4n) is 2.13. The molecule has 1 heterocycles. The zero-order valence-corrected chi connectivity index (χ0v) is 10.8. The molecule has 1 atom stereocenters. The van der Waals surface area contributed by atoms with Crippen LogP contribution in [-0.2, 0) is 4.79 Å². The SMILES string of the molecule is CCCC(CC(=O)O)Nc1cnnc2ccccc12. The molecule has 0 aliphatic carbocycles. The Labute approximate surface area is 111 Å². The second-order valence-corrected chi connectivity index (χ2v) is 4.50. The molecule has 1 aromatic carbocycles. The van der Waals surface area contributed by atoms with Crippen LogP contribution in [0.3, 0.4) is 0 Å². The van der Waals surface area contributed by atoms with E-state index in [1.165, 1.54) is 0 Å². The Hall–Kier alpha value is -2.17. The van der Waals surface area contributed by atoms with Gasteiger partial charge in [-0.1, -0.05) is 31.5 Å². The van der Waals surface area contributed by atoms with Crippen molar-refractivity contribution < 1.29 is 9.90 Å². The minimum absolute atomic E-state index is 0.0879. The zero-order valence-electron chi connectivity index (χ0n) is 10.8. The van der Waals surface area contributed by atoms with Gasteiger partial charge in [0.15, 0.2) is 0 Å². The number of fused-ring (bicyclic) bond motifs is 1. The first-order chi connectivity index (χ1) is 9.20. The van der Waals surface area contributed by atoms with Crippen molar-refractivity contribution in [3.05, 3.63) is 30.5 Å². The average molecular weight is 259 g/mol. The molecule has 0 aliphatic heterocycles. The van der Waals surface area contributed by atoms with Crippen LogP contribution < -0.4 is 5.32 Å². The lowest BCUT2D eigenvalue weighted by Crippen LogP contribution is -2.23. The molecule has 1 aromatic heterocycles. The minimum atomic E-state index is -0.794. The summed E-state index contributed by atoms with van der Waals surface area (Å²) < 4.78 is 0. The number of carboxylic acids is 1. The summed E-state index contributed by atoms with van der Waals surface area (Å²) >= 11 is 0. The third-order valence-corrected chi connectivity index (χ3v) is 2.96. The van der Waals surface area contributed by atoms with Crippen molar-refractivity contribution in [3.8, 4) is 0 Å². The molecule has 0 spiro atoms. The maximum absolute atomic E-state index is 10.9. The highest BCUT2D eigenvalue weighted by molar-refractivity contribution is 5.90. The summed E-state index contributed by atoms with van der Waals surface area (Å²) in [5.41, 5.74) is 1.64. The Balaban J connectivity index is 2.25. The van der Waals surface area contributed by atoms with Crippen LogP contribution >= 0.6 is 0 Å². The van der Waals surface area contributed by atoms with Gasteiger partial charge in [0.1, 0.15) is 0 Å². The molecule has 0 bridgehead atoms. The summed E-state index contributed by atoms with van der Waals surface area (Å²) in [5, 5.41) is 21.2. The van der Waals surface area contributed by atoms with E-state index in [-0.39, 0.29) is 12.5 Å². The van der Waals surface area contributed by atoms with Crippen molar-refractivity contribution in [2.45, 2.75) is 32.2 Å². The quantitative estimate of drug-likeness (QED) is 0.834. The van der Waals surface area contributed by atoms with E-state index in [4.69, 9.17) is 5.11 Å². The molecule has 0 saturated carbocycles. The molecule has 100 valence electrons. The molecule has 0 aliphatic rings. The molecule has 2 N–H and O–H groups in total. The van der Waals surface area contributed by atoms with Gasteiger partial charge in [0.25, 0.3) is 0 Å². The van der Waals surface area contributed by atoms with Gasteiger partial charge < -0.3 is 10.4 Å². The van der Waals surface area contributed by atoms with Crippen LogP contribution in [-0.4, -0.2) is 27.3 Å². The van der Waals surface area contributed by atoms with Gasteiger partial charge in [0.05, 0.1) is 23.8 Å². The second-order valence-electron chi connectivity index (χ2n) is 4.50. The van der Waals surface area contributed by atoms with Gasteiger partial charge in [-0.3, -0.25) is 4.79 Å². The maximum atomic E-state index is 10.9. The molecule has 0 amide bonds. The summed E-state index contributed by atoms with van der Waals surface area (Å²) in [7, 11) is 0. The van der Waals surface area contributed by atoms with Crippen LogP contribution in [0.2, 0.25) is 0 Å². The summed E-state index contributed by atoms with van der Waals surface area (Å²) in [6.45, 7) is 2.04. The minimum Gasteiger partial charge on any atom is -0.481 e. The van der Waals surface area contributed by atoms with E-state index in [1.54, 1.807) is 6.20 Å². The molecule has 1 unspecified atom stereocenters. The van der Waals surface area contributed by atoms with E-state index < -0.39 is 5.97 Å². The van der Waals surface area contributed by atoms with Crippen LogP contribution in [0.25, 0.3) is 10.9 Å². The number of hydrogen-bond donors (Lipinski definition) is 2. The molecule has 0 saturated heterocycles. The molecular formula is C14H17N3O2. The number of carboxylic acid groups (broad SMARTS) is 1. The Morgan fingerprint density at radius 3 is 2.95 bits per heavy atom. The molecule has 0 radical (unpaired) electrons. The first kappa shape index (κ1) is 13.3. The number of aliphatic carboxylic acids is 1. The topological polar surface area (TPSA) is 75.1 Å². The van der Waals surface area contributed by atoms with Crippen LogP contribution in [0.15, 0.2) is 30.5 Å². The number of nitrogens with one attached hydrogen (secondary N) is 1. The van der Waals surface area contributed by atoms with E-state index in [1.807, 2.05) is 31.2 Å². The lowest BCUT2D eigenvalue weighted by molar-refractivity contribution is -0.137. The van der Waals surface area contributed by atoms with Crippen molar-refractivity contribution in [2.75, 3.05) is 5.32 Å². The predicted molar refractivity (Wildman–Crippen MR) is 74.1 cm³/mol. The van der Waals surface area contributed by atoms with Gasteiger partial charge in [0.2, 0.25) is 0 Å². The number of carbonyl (C=O) groups is 1. The van der Waals surface area contributed by atoms with Crippen LogP contribution in [0.4, 0.5) is 5.69 Å². The lowest BCUT2D eigenvalue weighted by atomic mass is 10.1. The number of aromatic nitrogens is 2. The largest absolute Gasteiger partial charge is 0.481 e. The van der Waals surface area contributed by atoms with Crippen LogP contribution in [0.5, 0.6) is 0 Å². The third kappa shape index (κ3) is 3.40. The normalized spacial score (nSPS) is 12.3. The Morgan fingerprint density at radius 2 is 2.21 bits per heavy atom. The van der Waals surface area contributed by atoms with Gasteiger partial charge in [-0.05, 0) is 12.5 Å². The lowest BCUT2D eigenvalue weighted by Gasteiger charge is -2.18. The standard InChI is InChI=1S/C14H17N3O2/c1-2-5-10(8-14(18)19)16-13-9-15-17-12-7-4-3-6-11(12)13/h3-4,6-7,9-10H,2,5,8H2,1H3,(H,16,17)(H,18,19). The van der Waals surface area contributed by atoms with Crippen molar-refractivity contribution in [1.82, 2.24) is 10.2 Å². The van der Waals surface area contributed by atoms with E-state index >= 15 is 0 Å². The van der Waals surface area contributed by atoms with Gasteiger partial charge in [-0.15, -0.1) is 0 Å². The highest BCUT2D eigenvalue weighted by Crippen LogP contribution is 2.22. The molecule has 0 fully saturated rings. The molecule has 2 aromatic rings. The number of benzene rings is 1. The average Bonchev–Trinajstić information content (AvgIpc) is 2.39. The highest BCUT2D eigenvalue weighted by Gasteiger charge is 2.13. The summed E-state index contributed by atoms with van der Waals surface area (Å²) in [6, 6.07) is 7.59. The molecule has 19 heavy (non-hydrogen) atoms. The first-order valence-corrected chi connectivity index (χ1v) is 6.39. The maximum Gasteiger partial charge on any atom is 0.305 e. The van der Waals surface area contributed by atoms with Gasteiger partial charge in [0, 0.05) is 11.4 Å². The summed E-state index contributed by atoms with van der Waals surface area (Å²) in [4.78, 5) is 10.9.